The van der Waals surface area contributed by atoms with Gasteiger partial charge < -0.3 is 9.05 Å². The molecule has 4 aromatic heterocycles. The first-order valence-electron chi connectivity index (χ1n) is 8.00. The first-order chi connectivity index (χ1) is 13.4. The summed E-state index contributed by atoms with van der Waals surface area (Å²) in [6, 6.07) is 5.72. The molecular formula is C17H11F3N6O2. The molecule has 0 saturated carbocycles. The van der Waals surface area contributed by atoms with Crippen LogP contribution in [0.3, 0.4) is 0 Å². The van der Waals surface area contributed by atoms with Gasteiger partial charge >= 0.3 is 6.18 Å². The molecule has 0 amide bonds. The third-order valence-corrected chi connectivity index (χ3v) is 3.70. The highest BCUT2D eigenvalue weighted by molar-refractivity contribution is 5.53. The van der Waals surface area contributed by atoms with E-state index in [9.17, 15) is 13.2 Å². The van der Waals surface area contributed by atoms with E-state index >= 15 is 0 Å². The summed E-state index contributed by atoms with van der Waals surface area (Å²) in [5.74, 6) is 1.13. The van der Waals surface area contributed by atoms with Crippen LogP contribution in [0.2, 0.25) is 0 Å². The molecule has 0 fully saturated rings. The minimum atomic E-state index is -4.55. The highest BCUT2D eigenvalue weighted by Gasteiger charge is 2.32. The number of hydrogen-bond donors (Lipinski definition) is 0. The Morgan fingerprint density at radius 1 is 0.929 bits per heavy atom. The average molecular weight is 388 g/mol. The molecule has 4 heterocycles. The molecule has 0 N–H and O–H groups in total. The lowest BCUT2D eigenvalue weighted by atomic mass is 10.2. The van der Waals surface area contributed by atoms with E-state index in [-0.39, 0.29) is 23.7 Å². The van der Waals surface area contributed by atoms with Gasteiger partial charge in [0.15, 0.2) is 11.6 Å². The van der Waals surface area contributed by atoms with Crippen molar-refractivity contribution < 1.29 is 22.2 Å². The molecule has 0 aromatic carbocycles. The topological polar surface area (TPSA) is 104 Å². The second-order valence-electron chi connectivity index (χ2n) is 5.81. The van der Waals surface area contributed by atoms with Gasteiger partial charge in [0, 0.05) is 23.7 Å². The van der Waals surface area contributed by atoms with Crippen molar-refractivity contribution in [2.45, 2.75) is 19.5 Å². The monoisotopic (exact) mass is 388 g/mol. The molecule has 11 heteroatoms. The fourth-order valence-electron chi connectivity index (χ4n) is 2.39. The van der Waals surface area contributed by atoms with Crippen LogP contribution in [0, 0.1) is 6.92 Å². The van der Waals surface area contributed by atoms with Crippen LogP contribution in [0.1, 0.15) is 23.0 Å². The Morgan fingerprint density at radius 3 is 2.39 bits per heavy atom. The third-order valence-electron chi connectivity index (χ3n) is 3.70. The number of aryl methyl sites for hydroxylation is 1. The predicted octanol–water partition coefficient (Wildman–Crippen LogP) is 3.49. The molecule has 0 spiro atoms. The SMILES string of the molecule is Cc1noc(-c2ccc(Cc3noc(-c4ccnc(C(F)(F)F)c4)n3)nc2)n1. The van der Waals surface area contributed by atoms with Crippen LogP contribution in [0.5, 0.6) is 0 Å². The van der Waals surface area contributed by atoms with Gasteiger partial charge in [-0.15, -0.1) is 0 Å². The van der Waals surface area contributed by atoms with E-state index in [0.717, 1.165) is 12.3 Å². The quantitative estimate of drug-likeness (QED) is 0.523. The number of nitrogens with zero attached hydrogens (tertiary/aromatic N) is 6. The normalized spacial score (nSPS) is 11.7. The van der Waals surface area contributed by atoms with E-state index in [1.54, 1.807) is 25.3 Å². The van der Waals surface area contributed by atoms with E-state index in [0.29, 0.717) is 23.0 Å². The summed E-state index contributed by atoms with van der Waals surface area (Å²) in [6.45, 7) is 1.71. The Labute approximate surface area is 155 Å². The lowest BCUT2D eigenvalue weighted by molar-refractivity contribution is -0.141. The summed E-state index contributed by atoms with van der Waals surface area (Å²) in [4.78, 5) is 15.8. The molecule has 4 rings (SSSR count). The van der Waals surface area contributed by atoms with E-state index in [2.05, 4.69) is 30.2 Å². The lowest BCUT2D eigenvalue weighted by Crippen LogP contribution is -2.07. The Kier molecular flexibility index (Phi) is 4.34. The first kappa shape index (κ1) is 17.8. The number of halogens is 3. The van der Waals surface area contributed by atoms with Gasteiger partial charge in [0.05, 0.1) is 12.0 Å². The van der Waals surface area contributed by atoms with Gasteiger partial charge in [-0.1, -0.05) is 10.3 Å². The largest absolute Gasteiger partial charge is 0.433 e. The summed E-state index contributed by atoms with van der Waals surface area (Å²) >= 11 is 0. The van der Waals surface area contributed by atoms with E-state index in [1.165, 1.54) is 6.07 Å². The zero-order valence-corrected chi connectivity index (χ0v) is 14.3. The summed E-state index contributed by atoms with van der Waals surface area (Å²) in [6.07, 6.45) is -1.70. The fraction of sp³-hybridized carbons (Fsp3) is 0.176. The fourth-order valence-corrected chi connectivity index (χ4v) is 2.39. The van der Waals surface area contributed by atoms with Crippen molar-refractivity contribution in [1.29, 1.82) is 0 Å². The summed E-state index contributed by atoms with van der Waals surface area (Å²) < 4.78 is 48.5. The smallest absolute Gasteiger partial charge is 0.334 e. The van der Waals surface area contributed by atoms with Crippen LogP contribution in [0.25, 0.3) is 22.9 Å². The molecule has 4 aromatic rings. The Morgan fingerprint density at radius 2 is 1.71 bits per heavy atom. The van der Waals surface area contributed by atoms with Crippen molar-refractivity contribution in [2.75, 3.05) is 0 Å². The molecule has 0 saturated heterocycles. The van der Waals surface area contributed by atoms with Crippen LogP contribution in [-0.4, -0.2) is 30.2 Å². The minimum Gasteiger partial charge on any atom is -0.334 e. The van der Waals surface area contributed by atoms with Crippen molar-refractivity contribution >= 4 is 0 Å². The minimum absolute atomic E-state index is 0.0270. The molecule has 0 atom stereocenters. The van der Waals surface area contributed by atoms with E-state index in [4.69, 9.17) is 9.05 Å². The third kappa shape index (κ3) is 3.72. The molecule has 0 aliphatic heterocycles. The summed E-state index contributed by atoms with van der Waals surface area (Å²) in [5.41, 5.74) is 0.405. The zero-order valence-electron chi connectivity index (χ0n) is 14.3. The van der Waals surface area contributed by atoms with E-state index < -0.39 is 11.9 Å². The second kappa shape index (κ2) is 6.83. The van der Waals surface area contributed by atoms with Crippen molar-refractivity contribution in [3.8, 4) is 22.9 Å². The standard InChI is InChI=1S/C17H11F3N6O2/c1-9-23-16(27-25-9)11-2-3-12(22-8-11)7-14-24-15(28-26-14)10-4-5-21-13(6-10)17(18,19)20/h2-6,8H,7H2,1H3. The Hall–Kier alpha value is -3.63. The van der Waals surface area contributed by atoms with Gasteiger partial charge in [-0.25, -0.2) is 0 Å². The number of aromatic nitrogens is 6. The molecule has 142 valence electrons. The molecule has 0 unspecified atom stereocenters. The van der Waals surface area contributed by atoms with Crippen LogP contribution in [0.15, 0.2) is 45.7 Å². The molecular weight excluding hydrogens is 377 g/mol. The molecule has 0 radical (unpaired) electrons. The maximum Gasteiger partial charge on any atom is 0.433 e. The van der Waals surface area contributed by atoms with E-state index in [1.807, 2.05) is 0 Å². The van der Waals surface area contributed by atoms with Gasteiger partial charge in [0.2, 0.25) is 0 Å². The highest BCUT2D eigenvalue weighted by atomic mass is 19.4. The second-order valence-corrected chi connectivity index (χ2v) is 5.81. The van der Waals surface area contributed by atoms with Crippen molar-refractivity contribution in [3.63, 3.8) is 0 Å². The van der Waals surface area contributed by atoms with Crippen molar-refractivity contribution in [2.24, 2.45) is 0 Å². The summed E-state index contributed by atoms with van der Waals surface area (Å²) in [7, 11) is 0. The van der Waals surface area contributed by atoms with Crippen LogP contribution in [-0.2, 0) is 12.6 Å². The highest BCUT2D eigenvalue weighted by Crippen LogP contribution is 2.30. The van der Waals surface area contributed by atoms with Crippen molar-refractivity contribution in [1.82, 2.24) is 30.2 Å². The number of alkyl halides is 3. The molecule has 0 aliphatic rings. The summed E-state index contributed by atoms with van der Waals surface area (Å²) in [5, 5.41) is 7.51. The number of pyridine rings is 2. The number of hydrogen-bond acceptors (Lipinski definition) is 8. The Balaban J connectivity index is 1.51. The average Bonchev–Trinajstić information content (AvgIpc) is 3.31. The molecule has 28 heavy (non-hydrogen) atoms. The van der Waals surface area contributed by atoms with Crippen LogP contribution < -0.4 is 0 Å². The number of rotatable bonds is 4. The molecule has 8 nitrogen and oxygen atoms in total. The predicted molar refractivity (Wildman–Crippen MR) is 87.6 cm³/mol. The van der Waals surface area contributed by atoms with Gasteiger partial charge in [0.25, 0.3) is 11.8 Å². The molecule has 0 bridgehead atoms. The Bertz CT molecular complexity index is 1100. The van der Waals surface area contributed by atoms with Crippen LogP contribution >= 0.6 is 0 Å². The van der Waals surface area contributed by atoms with Crippen molar-refractivity contribution in [3.05, 3.63) is 59.7 Å². The van der Waals surface area contributed by atoms with Crippen LogP contribution in [0.4, 0.5) is 13.2 Å². The first-order valence-corrected chi connectivity index (χ1v) is 8.00. The maximum absolute atomic E-state index is 12.8. The molecule has 0 aliphatic carbocycles. The van der Waals surface area contributed by atoms with Gasteiger partial charge in [-0.2, -0.15) is 23.1 Å². The van der Waals surface area contributed by atoms with Gasteiger partial charge in [-0.05, 0) is 31.2 Å². The van der Waals surface area contributed by atoms with Gasteiger partial charge in [-0.3, -0.25) is 9.97 Å². The maximum atomic E-state index is 12.8. The van der Waals surface area contributed by atoms with Gasteiger partial charge in [0.1, 0.15) is 5.69 Å². The lowest BCUT2D eigenvalue weighted by Gasteiger charge is -2.05. The zero-order chi connectivity index (χ0) is 19.7.